The fraction of sp³-hybridized carbons (Fsp3) is 0.0169. The van der Waals surface area contributed by atoms with E-state index in [9.17, 15) is 0 Å². The Morgan fingerprint density at radius 2 is 0.733 bits per heavy atom. The van der Waals surface area contributed by atoms with Crippen LogP contribution in [0.15, 0.2) is 249 Å². The van der Waals surface area contributed by atoms with Crippen LogP contribution in [0.3, 0.4) is 0 Å². The Bertz CT molecular complexity index is 3070. The summed E-state index contributed by atoms with van der Waals surface area (Å²) in [4.78, 5) is 2.40. The molecule has 10 aromatic rings. The second-order valence-corrected chi connectivity index (χ2v) is 15.7. The van der Waals surface area contributed by atoms with Crippen molar-refractivity contribution in [3.63, 3.8) is 0 Å². The van der Waals surface area contributed by atoms with Crippen molar-refractivity contribution in [3.8, 4) is 44.5 Å². The van der Waals surface area contributed by atoms with Crippen LogP contribution in [-0.2, 0) is 5.41 Å². The summed E-state index contributed by atoms with van der Waals surface area (Å²) >= 11 is 0. The number of hydrogen-bond donors (Lipinski definition) is 0. The van der Waals surface area contributed by atoms with Gasteiger partial charge >= 0.3 is 0 Å². The number of benzene rings is 10. The molecule has 0 N–H and O–H groups in total. The molecule has 60 heavy (non-hydrogen) atoms. The molecule has 1 heteroatoms. The van der Waals surface area contributed by atoms with Crippen LogP contribution in [-0.4, -0.2) is 0 Å². The van der Waals surface area contributed by atoms with E-state index in [1.165, 1.54) is 77.5 Å². The lowest BCUT2D eigenvalue weighted by atomic mass is 9.67. The highest BCUT2D eigenvalue weighted by Crippen LogP contribution is 2.58. The van der Waals surface area contributed by atoms with Gasteiger partial charge in [-0.25, -0.2) is 0 Å². The van der Waals surface area contributed by atoms with Crippen LogP contribution >= 0.6 is 0 Å². The van der Waals surface area contributed by atoms with Gasteiger partial charge in [0.15, 0.2) is 0 Å². The van der Waals surface area contributed by atoms with Gasteiger partial charge in [-0.2, -0.15) is 0 Å². The summed E-state index contributed by atoms with van der Waals surface area (Å²) in [5.74, 6) is 0. The highest BCUT2D eigenvalue weighted by molar-refractivity contribution is 5.97. The predicted octanol–water partition coefficient (Wildman–Crippen LogP) is 15.7. The molecule has 10 aromatic carbocycles. The number of nitrogens with zero attached hydrogens (tertiary/aromatic N) is 1. The molecule has 1 aliphatic carbocycles. The lowest BCUT2D eigenvalue weighted by Crippen LogP contribution is -2.28. The summed E-state index contributed by atoms with van der Waals surface area (Å²) in [6.07, 6.45) is 0. The topological polar surface area (TPSA) is 3.24 Å². The normalized spacial score (nSPS) is 12.5. The summed E-state index contributed by atoms with van der Waals surface area (Å²) < 4.78 is 0. The number of hydrogen-bond acceptors (Lipinski definition) is 1. The third-order valence-corrected chi connectivity index (χ3v) is 12.3. The summed E-state index contributed by atoms with van der Waals surface area (Å²) in [5, 5.41) is 2.44. The molecule has 0 unspecified atom stereocenters. The third kappa shape index (κ3) is 5.94. The number of rotatable bonds is 8. The SMILES string of the molecule is c1ccc(-c2ccc(-c3ccc(N(c4cccc(-c5cccc6c5-c5ccccc5C6(c5ccccc5)c5ccccc5)c4)c4ccc5ccccc5c4)cc3)cc2)cc1. The smallest absolute Gasteiger partial charge is 0.0713 e. The summed E-state index contributed by atoms with van der Waals surface area (Å²) in [7, 11) is 0. The minimum atomic E-state index is -0.456. The Kier molecular flexibility index (Phi) is 8.79. The number of anilines is 3. The van der Waals surface area contributed by atoms with Gasteiger partial charge in [-0.1, -0.05) is 212 Å². The number of fused-ring (bicyclic) bond motifs is 4. The monoisotopic (exact) mass is 763 g/mol. The first-order valence-corrected chi connectivity index (χ1v) is 20.8. The van der Waals surface area contributed by atoms with Gasteiger partial charge in [-0.15, -0.1) is 0 Å². The van der Waals surface area contributed by atoms with Crippen molar-refractivity contribution in [2.24, 2.45) is 0 Å². The van der Waals surface area contributed by atoms with Crippen LogP contribution in [0.2, 0.25) is 0 Å². The van der Waals surface area contributed by atoms with Gasteiger partial charge in [0.05, 0.1) is 5.41 Å². The van der Waals surface area contributed by atoms with Crippen molar-refractivity contribution in [2.75, 3.05) is 4.90 Å². The Labute approximate surface area is 352 Å². The molecule has 0 saturated carbocycles. The van der Waals surface area contributed by atoms with E-state index in [0.717, 1.165) is 17.1 Å². The van der Waals surface area contributed by atoms with E-state index in [1.54, 1.807) is 0 Å². The van der Waals surface area contributed by atoms with Crippen LogP contribution < -0.4 is 4.90 Å². The molecule has 0 spiro atoms. The van der Waals surface area contributed by atoms with Crippen LogP contribution in [0.4, 0.5) is 17.1 Å². The van der Waals surface area contributed by atoms with Crippen LogP contribution in [0.5, 0.6) is 0 Å². The van der Waals surface area contributed by atoms with Crippen LogP contribution in [0.1, 0.15) is 22.3 Å². The Hall–Kier alpha value is -7.74. The molecular formula is C59H41N. The minimum Gasteiger partial charge on any atom is -0.310 e. The average Bonchev–Trinajstić information content (AvgIpc) is 3.64. The van der Waals surface area contributed by atoms with Crippen LogP contribution in [0, 0.1) is 0 Å². The zero-order valence-corrected chi connectivity index (χ0v) is 33.1. The lowest BCUT2D eigenvalue weighted by molar-refractivity contribution is 0.768. The van der Waals surface area contributed by atoms with Crippen molar-refractivity contribution >= 4 is 27.8 Å². The highest BCUT2D eigenvalue weighted by Gasteiger charge is 2.46. The first-order valence-electron chi connectivity index (χ1n) is 20.8. The molecule has 0 aromatic heterocycles. The first kappa shape index (κ1) is 35.4. The van der Waals surface area contributed by atoms with E-state index < -0.39 is 5.41 Å². The second kappa shape index (κ2) is 14.9. The maximum Gasteiger partial charge on any atom is 0.0713 e. The standard InChI is InChI=1S/C59H41N/c1-4-16-42(17-5-1)44-30-32-45(33-31-44)46-34-37-51(38-35-46)60(53-39-36-43-18-10-11-19-47(43)40-53)52-25-14-20-48(41-52)54-27-15-29-57-58(54)55-26-12-13-28-56(55)59(57,49-21-6-2-7-22-49)50-23-8-3-9-24-50/h1-41H. The minimum absolute atomic E-state index is 0.456. The van der Waals surface area contributed by atoms with Gasteiger partial charge in [0.25, 0.3) is 0 Å². The average molecular weight is 764 g/mol. The highest BCUT2D eigenvalue weighted by atomic mass is 15.1. The molecule has 0 atom stereocenters. The molecule has 0 bridgehead atoms. The van der Waals surface area contributed by atoms with Gasteiger partial charge in [-0.05, 0) is 114 Å². The second-order valence-electron chi connectivity index (χ2n) is 15.7. The van der Waals surface area contributed by atoms with Gasteiger partial charge in [0.1, 0.15) is 0 Å². The first-order chi connectivity index (χ1) is 29.8. The fourth-order valence-electron chi connectivity index (χ4n) is 9.60. The Morgan fingerprint density at radius 3 is 1.42 bits per heavy atom. The Balaban J connectivity index is 1.05. The lowest BCUT2D eigenvalue weighted by Gasteiger charge is -2.34. The molecule has 0 heterocycles. The summed E-state index contributed by atoms with van der Waals surface area (Å²) in [6.45, 7) is 0. The van der Waals surface area contributed by atoms with Gasteiger partial charge < -0.3 is 4.90 Å². The van der Waals surface area contributed by atoms with E-state index in [2.05, 4.69) is 254 Å². The van der Waals surface area contributed by atoms with Gasteiger partial charge in [0.2, 0.25) is 0 Å². The molecule has 282 valence electrons. The predicted molar refractivity (Wildman–Crippen MR) is 252 cm³/mol. The van der Waals surface area contributed by atoms with E-state index in [4.69, 9.17) is 0 Å². The van der Waals surface area contributed by atoms with Crippen LogP contribution in [0.25, 0.3) is 55.3 Å². The maximum atomic E-state index is 2.40. The maximum absolute atomic E-state index is 2.40. The van der Waals surface area contributed by atoms with E-state index in [0.29, 0.717) is 0 Å². The third-order valence-electron chi connectivity index (χ3n) is 12.3. The molecule has 0 saturated heterocycles. The van der Waals surface area contributed by atoms with Crippen molar-refractivity contribution in [1.82, 2.24) is 0 Å². The van der Waals surface area contributed by atoms with Crippen molar-refractivity contribution in [1.29, 1.82) is 0 Å². The zero-order valence-electron chi connectivity index (χ0n) is 33.1. The fourth-order valence-corrected chi connectivity index (χ4v) is 9.60. The summed E-state index contributed by atoms with van der Waals surface area (Å²) in [5.41, 5.74) is 17.8. The quantitative estimate of drug-likeness (QED) is 0.149. The van der Waals surface area contributed by atoms with Crippen molar-refractivity contribution < 1.29 is 0 Å². The van der Waals surface area contributed by atoms with Crippen molar-refractivity contribution in [2.45, 2.75) is 5.41 Å². The molecule has 1 aliphatic rings. The zero-order chi connectivity index (χ0) is 39.9. The molecular weight excluding hydrogens is 723 g/mol. The van der Waals surface area contributed by atoms with Crippen molar-refractivity contribution in [3.05, 3.63) is 271 Å². The molecule has 0 amide bonds. The van der Waals surface area contributed by atoms with E-state index >= 15 is 0 Å². The molecule has 1 nitrogen and oxygen atoms in total. The van der Waals surface area contributed by atoms with E-state index in [-0.39, 0.29) is 0 Å². The van der Waals surface area contributed by atoms with Gasteiger partial charge in [0, 0.05) is 17.1 Å². The molecule has 0 fully saturated rings. The largest absolute Gasteiger partial charge is 0.310 e. The Morgan fingerprint density at radius 1 is 0.267 bits per heavy atom. The molecule has 11 rings (SSSR count). The summed E-state index contributed by atoms with van der Waals surface area (Å²) in [6, 6.07) is 90.9. The molecule has 0 radical (unpaired) electrons. The van der Waals surface area contributed by atoms with E-state index in [1.807, 2.05) is 0 Å². The van der Waals surface area contributed by atoms with Gasteiger partial charge in [-0.3, -0.25) is 0 Å². The molecule has 0 aliphatic heterocycles.